The standard InChI is InChI=1S/C17H24O5/c1-10-4-5-16(8-20-11(2)18)13(6-10)22-14-12(19)7-15(16,3)17(14)9-21-17/h6,12-14,19H,4-5,7-9H2,1-3H3. The quantitative estimate of drug-likeness (QED) is 0.476. The van der Waals surface area contributed by atoms with Gasteiger partial charge in [0, 0.05) is 17.8 Å². The Kier molecular flexibility index (Phi) is 2.89. The predicted octanol–water partition coefficient (Wildman–Crippen LogP) is 1.58. The number of aliphatic hydroxyl groups excluding tert-OH is 1. The number of carbonyl (C=O) groups excluding carboxylic acids is 1. The molecule has 3 fully saturated rings. The summed E-state index contributed by atoms with van der Waals surface area (Å²) < 4.78 is 17.6. The van der Waals surface area contributed by atoms with Gasteiger partial charge >= 0.3 is 5.97 Å². The second-order valence-corrected chi connectivity index (χ2v) is 7.71. The molecule has 1 spiro atoms. The highest BCUT2D eigenvalue weighted by Gasteiger charge is 2.81. The summed E-state index contributed by atoms with van der Waals surface area (Å²) in [6.07, 6.45) is 3.76. The summed E-state index contributed by atoms with van der Waals surface area (Å²) in [7, 11) is 0. The van der Waals surface area contributed by atoms with Crippen molar-refractivity contribution in [1.82, 2.24) is 0 Å². The van der Waals surface area contributed by atoms with Crippen LogP contribution in [-0.4, -0.2) is 48.2 Å². The number of allylic oxidation sites excluding steroid dienone is 1. The summed E-state index contributed by atoms with van der Waals surface area (Å²) >= 11 is 0. The topological polar surface area (TPSA) is 68.3 Å². The molecule has 2 aliphatic carbocycles. The molecule has 0 aromatic carbocycles. The average molecular weight is 308 g/mol. The van der Waals surface area contributed by atoms with Crippen molar-refractivity contribution < 1.29 is 24.1 Å². The molecule has 0 amide bonds. The number of epoxide rings is 1. The Morgan fingerprint density at radius 2 is 2.27 bits per heavy atom. The van der Waals surface area contributed by atoms with Gasteiger partial charge in [0.2, 0.25) is 0 Å². The van der Waals surface area contributed by atoms with Gasteiger partial charge in [0.25, 0.3) is 0 Å². The molecule has 4 aliphatic rings. The molecule has 2 saturated heterocycles. The molecule has 22 heavy (non-hydrogen) atoms. The Bertz CT molecular complexity index is 551. The van der Waals surface area contributed by atoms with Gasteiger partial charge in [0.15, 0.2) is 0 Å². The lowest BCUT2D eigenvalue weighted by atomic mass is 9.52. The van der Waals surface area contributed by atoms with E-state index in [0.717, 1.165) is 12.8 Å². The first-order valence-corrected chi connectivity index (χ1v) is 8.13. The maximum Gasteiger partial charge on any atom is 0.302 e. The number of ether oxygens (including phenoxy) is 3. The summed E-state index contributed by atoms with van der Waals surface area (Å²) in [4.78, 5) is 11.4. The van der Waals surface area contributed by atoms with Gasteiger partial charge in [-0.1, -0.05) is 18.6 Å². The molecule has 4 rings (SSSR count). The van der Waals surface area contributed by atoms with Crippen LogP contribution in [0.3, 0.4) is 0 Å². The van der Waals surface area contributed by atoms with Gasteiger partial charge in [0.1, 0.15) is 18.3 Å². The molecule has 122 valence electrons. The Hall–Kier alpha value is -0.910. The van der Waals surface area contributed by atoms with E-state index in [9.17, 15) is 9.90 Å². The second-order valence-electron chi connectivity index (χ2n) is 7.71. The second kappa shape index (κ2) is 4.34. The van der Waals surface area contributed by atoms with Crippen molar-refractivity contribution >= 4 is 5.97 Å². The fraction of sp³-hybridized carbons (Fsp3) is 0.824. The van der Waals surface area contributed by atoms with E-state index in [1.165, 1.54) is 12.5 Å². The molecule has 0 radical (unpaired) electrons. The van der Waals surface area contributed by atoms with Crippen LogP contribution in [0.1, 0.15) is 40.0 Å². The lowest BCUT2D eigenvalue weighted by molar-refractivity contribution is -0.221. The third-order valence-corrected chi connectivity index (χ3v) is 6.69. The van der Waals surface area contributed by atoms with Gasteiger partial charge in [-0.25, -0.2) is 0 Å². The van der Waals surface area contributed by atoms with E-state index in [4.69, 9.17) is 14.2 Å². The molecule has 1 saturated carbocycles. The van der Waals surface area contributed by atoms with Crippen molar-refractivity contribution in [1.29, 1.82) is 0 Å². The SMILES string of the molecule is CC(=O)OCC12CCC(C)=CC1OC1C(O)CC2(C)C12CO2. The van der Waals surface area contributed by atoms with E-state index in [2.05, 4.69) is 19.9 Å². The maximum absolute atomic E-state index is 11.4. The van der Waals surface area contributed by atoms with Crippen molar-refractivity contribution in [2.45, 2.75) is 63.9 Å². The first-order valence-electron chi connectivity index (χ1n) is 8.13. The monoisotopic (exact) mass is 308 g/mol. The fourth-order valence-electron chi connectivity index (χ4n) is 5.23. The third kappa shape index (κ3) is 1.57. The van der Waals surface area contributed by atoms with E-state index in [0.29, 0.717) is 19.6 Å². The van der Waals surface area contributed by atoms with E-state index in [1.807, 2.05) is 0 Å². The molecular formula is C17H24O5. The Morgan fingerprint density at radius 1 is 1.55 bits per heavy atom. The highest BCUT2D eigenvalue weighted by molar-refractivity contribution is 5.66. The Balaban J connectivity index is 1.80. The number of carbonyl (C=O) groups is 1. The Morgan fingerprint density at radius 3 is 2.91 bits per heavy atom. The Labute approximate surface area is 130 Å². The van der Waals surface area contributed by atoms with Crippen LogP contribution in [0.4, 0.5) is 0 Å². The lowest BCUT2D eigenvalue weighted by Crippen LogP contribution is -2.64. The fourth-order valence-corrected chi connectivity index (χ4v) is 5.23. The predicted molar refractivity (Wildman–Crippen MR) is 78.1 cm³/mol. The number of rotatable bonds is 2. The molecule has 1 N–H and O–H groups in total. The highest BCUT2D eigenvalue weighted by atomic mass is 16.6. The van der Waals surface area contributed by atoms with E-state index in [-0.39, 0.29) is 29.0 Å². The molecule has 6 unspecified atom stereocenters. The molecule has 2 aliphatic heterocycles. The van der Waals surface area contributed by atoms with Crippen molar-refractivity contribution in [2.24, 2.45) is 10.8 Å². The van der Waals surface area contributed by atoms with Gasteiger partial charge in [0.05, 0.1) is 18.8 Å². The molecule has 5 nitrogen and oxygen atoms in total. The van der Waals surface area contributed by atoms with E-state index < -0.39 is 11.7 Å². The number of fused-ring (bicyclic) bond motifs is 2. The van der Waals surface area contributed by atoms with Gasteiger partial charge in [-0.2, -0.15) is 0 Å². The minimum absolute atomic E-state index is 0.123. The van der Waals surface area contributed by atoms with E-state index in [1.54, 1.807) is 0 Å². The first kappa shape index (κ1) is 14.7. The van der Waals surface area contributed by atoms with Crippen molar-refractivity contribution in [3.05, 3.63) is 11.6 Å². The average Bonchev–Trinajstić information content (AvgIpc) is 3.21. The normalized spacial score (nSPS) is 52.2. The van der Waals surface area contributed by atoms with Gasteiger partial charge in [-0.15, -0.1) is 0 Å². The van der Waals surface area contributed by atoms with Crippen molar-refractivity contribution in [3.63, 3.8) is 0 Å². The summed E-state index contributed by atoms with van der Waals surface area (Å²) in [5, 5.41) is 10.5. The molecule has 0 aromatic heterocycles. The number of aliphatic hydroxyl groups is 1. The zero-order valence-corrected chi connectivity index (χ0v) is 13.4. The number of esters is 1. The zero-order chi connectivity index (χ0) is 15.8. The smallest absolute Gasteiger partial charge is 0.302 e. The van der Waals surface area contributed by atoms with Crippen LogP contribution < -0.4 is 0 Å². The summed E-state index contributed by atoms with van der Waals surface area (Å²) in [5.74, 6) is -0.269. The van der Waals surface area contributed by atoms with Crippen LogP contribution in [0.5, 0.6) is 0 Å². The number of hydrogen-bond donors (Lipinski definition) is 1. The van der Waals surface area contributed by atoms with Crippen LogP contribution in [0.2, 0.25) is 0 Å². The maximum atomic E-state index is 11.4. The molecular weight excluding hydrogens is 284 g/mol. The van der Waals surface area contributed by atoms with Gasteiger partial charge < -0.3 is 19.3 Å². The van der Waals surface area contributed by atoms with Crippen LogP contribution >= 0.6 is 0 Å². The molecule has 6 atom stereocenters. The lowest BCUT2D eigenvalue weighted by Gasteiger charge is -2.57. The highest BCUT2D eigenvalue weighted by Crippen LogP contribution is 2.71. The van der Waals surface area contributed by atoms with Crippen molar-refractivity contribution in [2.75, 3.05) is 13.2 Å². The zero-order valence-electron chi connectivity index (χ0n) is 13.4. The van der Waals surface area contributed by atoms with E-state index >= 15 is 0 Å². The van der Waals surface area contributed by atoms with Crippen LogP contribution in [0.25, 0.3) is 0 Å². The van der Waals surface area contributed by atoms with Crippen LogP contribution in [0.15, 0.2) is 11.6 Å². The third-order valence-electron chi connectivity index (χ3n) is 6.69. The minimum Gasteiger partial charge on any atom is -0.465 e. The summed E-state index contributed by atoms with van der Waals surface area (Å²) in [6, 6.07) is 0. The molecule has 0 aromatic rings. The summed E-state index contributed by atoms with van der Waals surface area (Å²) in [5.41, 5.74) is 0.346. The van der Waals surface area contributed by atoms with Crippen LogP contribution in [0, 0.1) is 10.8 Å². The number of hydrogen-bond acceptors (Lipinski definition) is 5. The van der Waals surface area contributed by atoms with Crippen LogP contribution in [-0.2, 0) is 19.0 Å². The molecule has 2 heterocycles. The van der Waals surface area contributed by atoms with Gasteiger partial charge in [-0.3, -0.25) is 4.79 Å². The molecule has 5 heteroatoms. The van der Waals surface area contributed by atoms with Crippen molar-refractivity contribution in [3.8, 4) is 0 Å². The summed E-state index contributed by atoms with van der Waals surface area (Å²) in [6.45, 7) is 6.70. The van der Waals surface area contributed by atoms with Gasteiger partial charge in [-0.05, 0) is 26.2 Å². The molecule has 2 bridgehead atoms. The first-order chi connectivity index (χ1) is 10.3. The largest absolute Gasteiger partial charge is 0.465 e. The minimum atomic E-state index is -0.513.